The summed E-state index contributed by atoms with van der Waals surface area (Å²) in [5, 5.41) is 3.95. The van der Waals surface area contributed by atoms with Crippen LogP contribution in [0.3, 0.4) is 0 Å². The molecule has 0 amide bonds. The summed E-state index contributed by atoms with van der Waals surface area (Å²) in [6.45, 7) is 12.1. The third kappa shape index (κ3) is 5.00. The van der Waals surface area contributed by atoms with Gasteiger partial charge < -0.3 is 5.32 Å². The molecule has 0 bridgehead atoms. The summed E-state index contributed by atoms with van der Waals surface area (Å²) in [6.07, 6.45) is 4.91. The van der Waals surface area contributed by atoms with Gasteiger partial charge in [0.05, 0.1) is 0 Å². The lowest BCUT2D eigenvalue weighted by Crippen LogP contribution is -2.45. The Morgan fingerprint density at radius 1 is 1.33 bits per heavy atom. The molecule has 0 spiro atoms. The summed E-state index contributed by atoms with van der Waals surface area (Å²) in [5.41, 5.74) is 0.186. The smallest absolute Gasteiger partial charge is 0.0396 e. The fourth-order valence-corrected chi connectivity index (χ4v) is 4.97. The van der Waals surface area contributed by atoms with Crippen molar-refractivity contribution >= 4 is 10.8 Å². The minimum atomic E-state index is -0.668. The summed E-state index contributed by atoms with van der Waals surface area (Å²) in [7, 11) is -0.668. The van der Waals surface area contributed by atoms with E-state index in [4.69, 9.17) is 0 Å². The lowest BCUT2D eigenvalue weighted by atomic mass is 9.88. The second-order valence-electron chi connectivity index (χ2n) is 6.92. The molecule has 0 heterocycles. The number of nitrogens with one attached hydrogen (secondary N) is 1. The molecule has 4 unspecified atom stereocenters. The Morgan fingerprint density at radius 3 is 2.50 bits per heavy atom. The van der Waals surface area contributed by atoms with Crippen LogP contribution < -0.4 is 5.32 Å². The molecular weight excluding hydrogens is 242 g/mol. The predicted molar refractivity (Wildman–Crippen MR) is 81.3 cm³/mol. The molecule has 108 valence electrons. The first-order chi connectivity index (χ1) is 8.34. The van der Waals surface area contributed by atoms with E-state index < -0.39 is 10.8 Å². The van der Waals surface area contributed by atoms with Crippen LogP contribution in [0.1, 0.15) is 60.3 Å². The van der Waals surface area contributed by atoms with Crippen molar-refractivity contribution in [3.63, 3.8) is 0 Å². The van der Waals surface area contributed by atoms with E-state index in [0.29, 0.717) is 11.3 Å². The van der Waals surface area contributed by atoms with E-state index in [1.807, 2.05) is 0 Å². The molecule has 0 aromatic rings. The molecule has 1 saturated carbocycles. The van der Waals surface area contributed by atoms with Gasteiger partial charge in [-0.3, -0.25) is 4.21 Å². The van der Waals surface area contributed by atoms with Gasteiger partial charge >= 0.3 is 0 Å². The molecule has 3 heteroatoms. The van der Waals surface area contributed by atoms with Gasteiger partial charge in [0.1, 0.15) is 0 Å². The van der Waals surface area contributed by atoms with E-state index in [-0.39, 0.29) is 5.41 Å². The Hall–Kier alpha value is 0.110. The van der Waals surface area contributed by atoms with Crippen molar-refractivity contribution in [2.45, 2.75) is 71.6 Å². The average molecular weight is 273 g/mol. The Morgan fingerprint density at radius 2 is 2.00 bits per heavy atom. The first-order valence-corrected chi connectivity index (χ1v) is 8.83. The molecule has 2 nitrogen and oxygen atoms in total. The lowest BCUT2D eigenvalue weighted by Gasteiger charge is -2.33. The minimum absolute atomic E-state index is 0.186. The van der Waals surface area contributed by atoms with Crippen molar-refractivity contribution in [3.05, 3.63) is 0 Å². The Labute approximate surface area is 116 Å². The van der Waals surface area contributed by atoms with Crippen molar-refractivity contribution in [1.82, 2.24) is 5.32 Å². The molecule has 0 saturated heterocycles. The van der Waals surface area contributed by atoms with Gasteiger partial charge in [-0.15, -0.1) is 0 Å². The molecule has 1 aliphatic rings. The van der Waals surface area contributed by atoms with Crippen molar-refractivity contribution in [2.75, 3.05) is 12.3 Å². The topological polar surface area (TPSA) is 29.1 Å². The van der Waals surface area contributed by atoms with Crippen LogP contribution in [0.4, 0.5) is 0 Å². The van der Waals surface area contributed by atoms with Crippen LogP contribution in [0.2, 0.25) is 0 Å². The fraction of sp³-hybridized carbons (Fsp3) is 1.00. The zero-order valence-electron chi connectivity index (χ0n) is 12.8. The highest BCUT2D eigenvalue weighted by Crippen LogP contribution is 2.29. The summed E-state index contributed by atoms with van der Waals surface area (Å²) in [6, 6.07) is 0.362. The molecule has 1 aliphatic carbocycles. The maximum atomic E-state index is 12.5. The monoisotopic (exact) mass is 273 g/mol. The highest BCUT2D eigenvalue weighted by Gasteiger charge is 2.30. The molecule has 4 atom stereocenters. The molecule has 0 aliphatic heterocycles. The van der Waals surface area contributed by atoms with Gasteiger partial charge in [-0.2, -0.15) is 0 Å². The average Bonchev–Trinajstić information content (AvgIpc) is 2.27. The van der Waals surface area contributed by atoms with Crippen molar-refractivity contribution in [1.29, 1.82) is 0 Å². The molecule has 18 heavy (non-hydrogen) atoms. The van der Waals surface area contributed by atoms with Gasteiger partial charge in [-0.25, -0.2) is 0 Å². The van der Waals surface area contributed by atoms with Crippen LogP contribution >= 0.6 is 0 Å². The van der Waals surface area contributed by atoms with Gasteiger partial charge in [0.25, 0.3) is 0 Å². The summed E-state index contributed by atoms with van der Waals surface area (Å²) >= 11 is 0. The summed E-state index contributed by atoms with van der Waals surface area (Å²) in [4.78, 5) is 0. The Kier molecular flexibility index (Phi) is 6.32. The maximum absolute atomic E-state index is 12.5. The van der Waals surface area contributed by atoms with Crippen LogP contribution in [-0.2, 0) is 10.8 Å². The largest absolute Gasteiger partial charge is 0.313 e. The normalized spacial score (nSPS) is 28.9. The second-order valence-corrected chi connectivity index (χ2v) is 8.68. The predicted octanol–water partition coefficient (Wildman–Crippen LogP) is 3.34. The van der Waals surface area contributed by atoms with Gasteiger partial charge in [-0.05, 0) is 30.7 Å². The van der Waals surface area contributed by atoms with Gasteiger partial charge in [0.2, 0.25) is 0 Å². The Bertz CT molecular complexity index is 272. The van der Waals surface area contributed by atoms with Crippen molar-refractivity contribution in [3.8, 4) is 0 Å². The van der Waals surface area contributed by atoms with Gasteiger partial charge in [0.15, 0.2) is 0 Å². The highest BCUT2D eigenvalue weighted by molar-refractivity contribution is 7.85. The van der Waals surface area contributed by atoms with Crippen molar-refractivity contribution in [2.24, 2.45) is 11.3 Å². The van der Waals surface area contributed by atoms with Gasteiger partial charge in [0, 0.05) is 27.8 Å². The minimum Gasteiger partial charge on any atom is -0.313 e. The van der Waals surface area contributed by atoms with Crippen LogP contribution in [0.15, 0.2) is 0 Å². The number of hydrogen-bond acceptors (Lipinski definition) is 2. The SMILES string of the molecule is CCNC(CS(=O)C1CCCC(C)C1)C(C)(C)C. The van der Waals surface area contributed by atoms with E-state index in [1.54, 1.807) is 0 Å². The van der Waals surface area contributed by atoms with Crippen LogP contribution in [0, 0.1) is 11.3 Å². The van der Waals surface area contributed by atoms with Gasteiger partial charge in [-0.1, -0.05) is 47.5 Å². The summed E-state index contributed by atoms with van der Waals surface area (Å²) in [5.74, 6) is 1.58. The van der Waals surface area contributed by atoms with Crippen LogP contribution in [0.5, 0.6) is 0 Å². The van der Waals surface area contributed by atoms with E-state index >= 15 is 0 Å². The van der Waals surface area contributed by atoms with E-state index in [9.17, 15) is 4.21 Å². The molecule has 1 N–H and O–H groups in total. The van der Waals surface area contributed by atoms with Crippen molar-refractivity contribution < 1.29 is 4.21 Å². The van der Waals surface area contributed by atoms with Crippen LogP contribution in [-0.4, -0.2) is 27.8 Å². The van der Waals surface area contributed by atoms with E-state index in [2.05, 4.69) is 39.9 Å². The third-order valence-electron chi connectivity index (χ3n) is 4.09. The first kappa shape index (κ1) is 16.2. The zero-order valence-corrected chi connectivity index (χ0v) is 13.6. The number of hydrogen-bond donors (Lipinski definition) is 1. The second kappa shape index (κ2) is 7.04. The van der Waals surface area contributed by atoms with Crippen LogP contribution in [0.25, 0.3) is 0 Å². The van der Waals surface area contributed by atoms with E-state index in [1.165, 1.54) is 19.3 Å². The Balaban J connectivity index is 2.55. The third-order valence-corrected chi connectivity index (χ3v) is 5.92. The maximum Gasteiger partial charge on any atom is 0.0396 e. The standard InChI is InChI=1S/C15H31NOS/c1-6-16-14(15(3,4)5)11-18(17)13-9-7-8-12(2)10-13/h12-14,16H,6-11H2,1-5H3. The highest BCUT2D eigenvalue weighted by atomic mass is 32.2. The summed E-state index contributed by atoms with van der Waals surface area (Å²) < 4.78 is 12.5. The van der Waals surface area contributed by atoms with E-state index in [0.717, 1.165) is 24.6 Å². The molecule has 1 rings (SSSR count). The first-order valence-electron chi connectivity index (χ1n) is 7.45. The number of rotatable bonds is 5. The zero-order chi connectivity index (χ0) is 13.8. The molecule has 0 radical (unpaired) electrons. The molecule has 0 aromatic heterocycles. The lowest BCUT2D eigenvalue weighted by molar-refractivity contribution is 0.293. The quantitative estimate of drug-likeness (QED) is 0.832. The molecule has 0 aromatic carbocycles. The molecular formula is C15H31NOS. The molecule has 1 fully saturated rings. The fourth-order valence-electron chi connectivity index (χ4n) is 2.78.